The standard InChI is InChI=1S/C20H15ClN4/c21-25(16-6-2-1-3-7-16)20-18-9-5-4-8-17(18)19(23-24-20)14-15-10-12-22-13-11-15/h1-13H,14H2. The van der Waals surface area contributed by atoms with Crippen LogP contribution in [0.15, 0.2) is 79.1 Å². The largest absolute Gasteiger partial charge is 0.265 e. The summed E-state index contributed by atoms with van der Waals surface area (Å²) in [5.41, 5.74) is 2.92. The number of anilines is 2. The fraction of sp³-hybridized carbons (Fsp3) is 0.0500. The molecule has 0 N–H and O–H groups in total. The normalized spacial score (nSPS) is 10.8. The minimum Gasteiger partial charge on any atom is -0.265 e. The van der Waals surface area contributed by atoms with Gasteiger partial charge in [-0.2, -0.15) is 5.10 Å². The first kappa shape index (κ1) is 15.5. The molecule has 2 aromatic carbocycles. The van der Waals surface area contributed by atoms with Gasteiger partial charge in [-0.25, -0.2) is 4.42 Å². The van der Waals surface area contributed by atoms with Crippen LogP contribution in [0.4, 0.5) is 11.5 Å². The lowest BCUT2D eigenvalue weighted by Crippen LogP contribution is -2.08. The van der Waals surface area contributed by atoms with Crippen molar-refractivity contribution in [3.8, 4) is 0 Å². The van der Waals surface area contributed by atoms with Gasteiger partial charge < -0.3 is 0 Å². The van der Waals surface area contributed by atoms with Crippen molar-refractivity contribution in [1.29, 1.82) is 0 Å². The molecule has 0 fully saturated rings. The highest BCUT2D eigenvalue weighted by Crippen LogP contribution is 2.32. The molecule has 0 bridgehead atoms. The van der Waals surface area contributed by atoms with Crippen LogP contribution in [0, 0.1) is 0 Å². The third-order valence-corrected chi connectivity index (χ3v) is 4.39. The van der Waals surface area contributed by atoms with Gasteiger partial charge in [-0.3, -0.25) is 4.98 Å². The molecule has 0 atom stereocenters. The summed E-state index contributed by atoms with van der Waals surface area (Å²) in [4.78, 5) is 4.06. The molecule has 4 nitrogen and oxygen atoms in total. The molecule has 5 heteroatoms. The van der Waals surface area contributed by atoms with E-state index in [1.807, 2.05) is 60.7 Å². The predicted molar refractivity (Wildman–Crippen MR) is 101 cm³/mol. The summed E-state index contributed by atoms with van der Waals surface area (Å²) < 4.78 is 1.55. The second-order valence-corrected chi connectivity index (χ2v) is 6.00. The molecule has 0 aliphatic rings. The Bertz CT molecular complexity index is 990. The average molecular weight is 347 g/mol. The van der Waals surface area contributed by atoms with Crippen molar-refractivity contribution in [2.45, 2.75) is 6.42 Å². The van der Waals surface area contributed by atoms with Gasteiger partial charge in [-0.15, -0.1) is 5.10 Å². The van der Waals surface area contributed by atoms with E-state index in [-0.39, 0.29) is 0 Å². The van der Waals surface area contributed by atoms with E-state index >= 15 is 0 Å². The van der Waals surface area contributed by atoms with Crippen LogP contribution in [0.3, 0.4) is 0 Å². The minimum absolute atomic E-state index is 0.627. The van der Waals surface area contributed by atoms with Gasteiger partial charge >= 0.3 is 0 Å². The number of hydrogen-bond acceptors (Lipinski definition) is 4. The van der Waals surface area contributed by atoms with Gasteiger partial charge in [0.15, 0.2) is 5.82 Å². The van der Waals surface area contributed by atoms with Crippen LogP contribution >= 0.6 is 11.8 Å². The molecule has 0 amide bonds. The van der Waals surface area contributed by atoms with E-state index in [1.54, 1.807) is 16.8 Å². The Kier molecular flexibility index (Phi) is 4.27. The zero-order valence-electron chi connectivity index (χ0n) is 13.4. The van der Waals surface area contributed by atoms with Crippen LogP contribution in [-0.4, -0.2) is 15.2 Å². The maximum absolute atomic E-state index is 6.55. The van der Waals surface area contributed by atoms with Gasteiger partial charge in [0.05, 0.1) is 11.4 Å². The SMILES string of the molecule is ClN(c1ccccc1)c1nnc(Cc2ccncc2)c2ccccc12. The van der Waals surface area contributed by atoms with Gasteiger partial charge in [0, 0.05) is 41.4 Å². The van der Waals surface area contributed by atoms with Crippen molar-refractivity contribution in [1.82, 2.24) is 15.2 Å². The number of nitrogens with zero attached hydrogens (tertiary/aromatic N) is 4. The van der Waals surface area contributed by atoms with Crippen LogP contribution < -0.4 is 4.42 Å². The lowest BCUT2D eigenvalue weighted by Gasteiger charge is -2.17. The highest BCUT2D eigenvalue weighted by Gasteiger charge is 2.15. The van der Waals surface area contributed by atoms with Crippen LogP contribution in [0.2, 0.25) is 0 Å². The predicted octanol–water partition coefficient (Wildman–Crippen LogP) is 4.91. The molecule has 4 rings (SSSR count). The second-order valence-electron chi connectivity index (χ2n) is 5.66. The zero-order chi connectivity index (χ0) is 17.1. The number of hydrogen-bond donors (Lipinski definition) is 0. The summed E-state index contributed by atoms with van der Waals surface area (Å²) in [6.45, 7) is 0. The third kappa shape index (κ3) is 3.16. The van der Waals surface area contributed by atoms with Crippen molar-refractivity contribution >= 4 is 34.1 Å². The van der Waals surface area contributed by atoms with Crippen molar-refractivity contribution in [2.24, 2.45) is 0 Å². The van der Waals surface area contributed by atoms with E-state index < -0.39 is 0 Å². The Hall–Kier alpha value is -2.98. The molecule has 2 heterocycles. The molecule has 0 saturated carbocycles. The molecule has 0 aliphatic carbocycles. The molecule has 2 aromatic heterocycles. The number of benzene rings is 2. The lowest BCUT2D eigenvalue weighted by atomic mass is 10.0. The molecule has 0 radical (unpaired) electrons. The molecule has 0 saturated heterocycles. The molecule has 0 aliphatic heterocycles. The Morgan fingerprint density at radius 3 is 2.20 bits per heavy atom. The van der Waals surface area contributed by atoms with Crippen molar-refractivity contribution in [3.63, 3.8) is 0 Å². The number of para-hydroxylation sites is 1. The fourth-order valence-electron chi connectivity index (χ4n) is 2.80. The van der Waals surface area contributed by atoms with Crippen molar-refractivity contribution in [3.05, 3.63) is 90.4 Å². The van der Waals surface area contributed by atoms with Gasteiger partial charge in [-0.05, 0) is 29.8 Å². The first-order chi connectivity index (χ1) is 12.3. The van der Waals surface area contributed by atoms with Gasteiger partial charge in [0.25, 0.3) is 0 Å². The van der Waals surface area contributed by atoms with E-state index in [0.717, 1.165) is 27.7 Å². The van der Waals surface area contributed by atoms with Crippen LogP contribution in [0.5, 0.6) is 0 Å². The van der Waals surface area contributed by atoms with Gasteiger partial charge in [0.2, 0.25) is 0 Å². The van der Waals surface area contributed by atoms with E-state index in [4.69, 9.17) is 11.8 Å². The number of halogens is 1. The summed E-state index contributed by atoms with van der Waals surface area (Å²) in [6, 6.07) is 21.8. The first-order valence-corrected chi connectivity index (χ1v) is 8.31. The molecular formula is C20H15ClN4. The Balaban J connectivity index is 1.79. The quantitative estimate of drug-likeness (QED) is 0.492. The Morgan fingerprint density at radius 1 is 0.760 bits per heavy atom. The fourth-order valence-corrected chi connectivity index (χ4v) is 3.03. The lowest BCUT2D eigenvalue weighted by molar-refractivity contribution is 0.953. The van der Waals surface area contributed by atoms with E-state index in [9.17, 15) is 0 Å². The maximum atomic E-state index is 6.55. The number of aromatic nitrogens is 3. The van der Waals surface area contributed by atoms with E-state index in [0.29, 0.717) is 12.2 Å². The van der Waals surface area contributed by atoms with Gasteiger partial charge in [-0.1, -0.05) is 42.5 Å². The smallest absolute Gasteiger partial charge is 0.178 e. The Labute approximate surface area is 150 Å². The molecule has 4 aromatic rings. The summed E-state index contributed by atoms with van der Waals surface area (Å²) in [6.07, 6.45) is 4.27. The zero-order valence-corrected chi connectivity index (χ0v) is 14.1. The summed E-state index contributed by atoms with van der Waals surface area (Å²) in [7, 11) is 0. The average Bonchev–Trinajstić information content (AvgIpc) is 2.69. The van der Waals surface area contributed by atoms with Gasteiger partial charge in [0.1, 0.15) is 0 Å². The number of pyridine rings is 1. The van der Waals surface area contributed by atoms with Crippen LogP contribution in [0.1, 0.15) is 11.3 Å². The van der Waals surface area contributed by atoms with E-state index in [1.165, 1.54) is 0 Å². The van der Waals surface area contributed by atoms with E-state index in [2.05, 4.69) is 21.2 Å². The Morgan fingerprint density at radius 2 is 1.44 bits per heavy atom. The van der Waals surface area contributed by atoms with Crippen LogP contribution in [-0.2, 0) is 6.42 Å². The highest BCUT2D eigenvalue weighted by atomic mass is 35.5. The topological polar surface area (TPSA) is 41.9 Å². The van der Waals surface area contributed by atoms with Crippen LogP contribution in [0.25, 0.3) is 10.8 Å². The second kappa shape index (κ2) is 6.87. The molecule has 122 valence electrons. The number of rotatable bonds is 4. The number of fused-ring (bicyclic) bond motifs is 1. The van der Waals surface area contributed by atoms with Crippen molar-refractivity contribution < 1.29 is 0 Å². The maximum Gasteiger partial charge on any atom is 0.178 e. The first-order valence-electron chi connectivity index (χ1n) is 7.97. The molecular weight excluding hydrogens is 332 g/mol. The highest BCUT2D eigenvalue weighted by molar-refractivity contribution is 6.30. The summed E-state index contributed by atoms with van der Waals surface area (Å²) in [5, 5.41) is 10.9. The third-order valence-electron chi connectivity index (χ3n) is 4.03. The molecule has 25 heavy (non-hydrogen) atoms. The summed E-state index contributed by atoms with van der Waals surface area (Å²) in [5.74, 6) is 0.627. The summed E-state index contributed by atoms with van der Waals surface area (Å²) >= 11 is 6.55. The molecule has 0 unspecified atom stereocenters. The molecule has 0 spiro atoms. The van der Waals surface area contributed by atoms with Crippen molar-refractivity contribution in [2.75, 3.05) is 4.42 Å². The monoisotopic (exact) mass is 346 g/mol. The minimum atomic E-state index is 0.627.